The van der Waals surface area contributed by atoms with E-state index >= 15 is 0 Å². The summed E-state index contributed by atoms with van der Waals surface area (Å²) in [5, 5.41) is 4.52. The molecule has 1 aromatic rings. The third kappa shape index (κ3) is 4.04. The van der Waals surface area contributed by atoms with E-state index in [1.807, 2.05) is 0 Å². The molecule has 1 saturated carbocycles. The third-order valence-electron chi connectivity index (χ3n) is 3.45. The van der Waals surface area contributed by atoms with E-state index in [2.05, 4.69) is 54.3 Å². The van der Waals surface area contributed by atoms with Crippen molar-refractivity contribution in [2.24, 2.45) is 0 Å². The van der Waals surface area contributed by atoms with E-state index in [0.29, 0.717) is 6.04 Å². The standard InChI is InChI=1S/C15H23NS/c1-2-16-15(13-8-4-3-5-9-13)12-17-14-10-6-7-11-14/h3-5,8-9,14-16H,2,6-7,10-12H2,1H3. The Kier molecular flexibility index (Phi) is 5.40. The Bertz CT molecular complexity index is 306. The Morgan fingerprint density at radius 2 is 1.94 bits per heavy atom. The van der Waals surface area contributed by atoms with Crippen molar-refractivity contribution in [2.75, 3.05) is 12.3 Å². The van der Waals surface area contributed by atoms with Crippen LogP contribution in [0.25, 0.3) is 0 Å². The second-order valence-electron chi connectivity index (χ2n) is 4.76. The van der Waals surface area contributed by atoms with Gasteiger partial charge in [0.25, 0.3) is 0 Å². The molecule has 0 bridgehead atoms. The van der Waals surface area contributed by atoms with Crippen LogP contribution < -0.4 is 5.32 Å². The number of nitrogens with one attached hydrogen (secondary N) is 1. The Morgan fingerprint density at radius 3 is 2.59 bits per heavy atom. The molecule has 1 aliphatic rings. The maximum absolute atomic E-state index is 3.60. The van der Waals surface area contributed by atoms with Gasteiger partial charge in [-0.3, -0.25) is 0 Å². The number of rotatable bonds is 6. The molecule has 0 aromatic heterocycles. The molecule has 1 aliphatic carbocycles. The van der Waals surface area contributed by atoms with Crippen LogP contribution in [0.3, 0.4) is 0 Å². The smallest absolute Gasteiger partial charge is 0.0411 e. The van der Waals surface area contributed by atoms with Gasteiger partial charge in [0.2, 0.25) is 0 Å². The van der Waals surface area contributed by atoms with Crippen molar-refractivity contribution in [3.8, 4) is 0 Å². The van der Waals surface area contributed by atoms with Crippen LogP contribution in [-0.4, -0.2) is 17.5 Å². The van der Waals surface area contributed by atoms with Gasteiger partial charge in [-0.15, -0.1) is 0 Å². The predicted molar refractivity (Wildman–Crippen MR) is 77.6 cm³/mol. The third-order valence-corrected chi connectivity index (χ3v) is 4.92. The Morgan fingerprint density at radius 1 is 1.24 bits per heavy atom. The molecule has 1 aromatic carbocycles. The molecule has 0 radical (unpaired) electrons. The fraction of sp³-hybridized carbons (Fsp3) is 0.600. The molecule has 0 heterocycles. The summed E-state index contributed by atoms with van der Waals surface area (Å²) in [7, 11) is 0. The summed E-state index contributed by atoms with van der Waals surface area (Å²) >= 11 is 2.16. The first-order valence-electron chi connectivity index (χ1n) is 6.80. The molecule has 94 valence electrons. The van der Waals surface area contributed by atoms with Gasteiger partial charge in [0.15, 0.2) is 0 Å². The van der Waals surface area contributed by atoms with Crippen LogP contribution >= 0.6 is 11.8 Å². The minimum absolute atomic E-state index is 0.520. The van der Waals surface area contributed by atoms with Crippen molar-refractivity contribution in [3.63, 3.8) is 0 Å². The van der Waals surface area contributed by atoms with Gasteiger partial charge in [0.05, 0.1) is 0 Å². The molecular weight excluding hydrogens is 226 g/mol. The van der Waals surface area contributed by atoms with Gasteiger partial charge >= 0.3 is 0 Å². The molecule has 0 aliphatic heterocycles. The first-order valence-corrected chi connectivity index (χ1v) is 7.85. The predicted octanol–water partition coefficient (Wildman–Crippen LogP) is 4.01. The van der Waals surface area contributed by atoms with Gasteiger partial charge < -0.3 is 5.32 Å². The lowest BCUT2D eigenvalue weighted by Gasteiger charge is -2.20. The van der Waals surface area contributed by atoms with Gasteiger partial charge in [-0.05, 0) is 24.9 Å². The zero-order chi connectivity index (χ0) is 11.9. The summed E-state index contributed by atoms with van der Waals surface area (Å²) in [4.78, 5) is 0. The molecule has 2 rings (SSSR count). The number of hydrogen-bond acceptors (Lipinski definition) is 2. The highest BCUT2D eigenvalue weighted by Crippen LogP contribution is 2.31. The highest BCUT2D eigenvalue weighted by Gasteiger charge is 2.18. The average Bonchev–Trinajstić information content (AvgIpc) is 2.88. The van der Waals surface area contributed by atoms with Gasteiger partial charge in [0, 0.05) is 17.0 Å². The van der Waals surface area contributed by atoms with Crippen molar-refractivity contribution in [1.29, 1.82) is 0 Å². The summed E-state index contributed by atoms with van der Waals surface area (Å²) in [6, 6.07) is 11.4. The average molecular weight is 249 g/mol. The maximum atomic E-state index is 3.60. The van der Waals surface area contributed by atoms with Crippen LogP contribution in [-0.2, 0) is 0 Å². The number of hydrogen-bond donors (Lipinski definition) is 1. The van der Waals surface area contributed by atoms with Crippen molar-refractivity contribution in [3.05, 3.63) is 35.9 Å². The van der Waals surface area contributed by atoms with Crippen LogP contribution in [0.2, 0.25) is 0 Å². The van der Waals surface area contributed by atoms with Crippen LogP contribution in [0.5, 0.6) is 0 Å². The fourth-order valence-electron chi connectivity index (χ4n) is 2.49. The van der Waals surface area contributed by atoms with E-state index in [1.165, 1.54) is 37.0 Å². The van der Waals surface area contributed by atoms with E-state index in [1.54, 1.807) is 0 Å². The Balaban J connectivity index is 1.88. The van der Waals surface area contributed by atoms with E-state index in [9.17, 15) is 0 Å². The van der Waals surface area contributed by atoms with E-state index in [4.69, 9.17) is 0 Å². The number of thioether (sulfide) groups is 1. The largest absolute Gasteiger partial charge is 0.310 e. The van der Waals surface area contributed by atoms with Crippen molar-refractivity contribution in [2.45, 2.75) is 43.9 Å². The highest BCUT2D eigenvalue weighted by molar-refractivity contribution is 7.99. The topological polar surface area (TPSA) is 12.0 Å². The van der Waals surface area contributed by atoms with E-state index < -0.39 is 0 Å². The summed E-state index contributed by atoms with van der Waals surface area (Å²) < 4.78 is 0. The van der Waals surface area contributed by atoms with Crippen LogP contribution in [0.1, 0.15) is 44.2 Å². The lowest BCUT2D eigenvalue weighted by molar-refractivity contribution is 0.605. The summed E-state index contributed by atoms with van der Waals surface area (Å²) in [6.45, 7) is 3.24. The normalized spacial score (nSPS) is 18.4. The molecule has 0 spiro atoms. The summed E-state index contributed by atoms with van der Waals surface area (Å²) in [5.41, 5.74) is 1.43. The SMILES string of the molecule is CCNC(CSC1CCCC1)c1ccccc1. The van der Waals surface area contributed by atoms with E-state index in [-0.39, 0.29) is 0 Å². The molecule has 1 N–H and O–H groups in total. The lowest BCUT2D eigenvalue weighted by Crippen LogP contribution is -2.23. The monoisotopic (exact) mass is 249 g/mol. The second kappa shape index (κ2) is 7.07. The first kappa shape index (κ1) is 13.0. The molecule has 0 amide bonds. The van der Waals surface area contributed by atoms with Gasteiger partial charge in [-0.25, -0.2) is 0 Å². The molecule has 1 unspecified atom stereocenters. The molecule has 17 heavy (non-hydrogen) atoms. The Hall–Kier alpha value is -0.470. The summed E-state index contributed by atoms with van der Waals surface area (Å²) in [6.07, 6.45) is 5.74. The van der Waals surface area contributed by atoms with E-state index in [0.717, 1.165) is 11.8 Å². The number of benzene rings is 1. The molecular formula is C15H23NS. The van der Waals surface area contributed by atoms with Crippen molar-refractivity contribution < 1.29 is 0 Å². The molecule has 1 atom stereocenters. The second-order valence-corrected chi connectivity index (χ2v) is 6.09. The maximum Gasteiger partial charge on any atom is 0.0411 e. The Labute approximate surface area is 109 Å². The van der Waals surface area contributed by atoms with Gasteiger partial charge in [0.1, 0.15) is 0 Å². The van der Waals surface area contributed by atoms with Crippen molar-refractivity contribution >= 4 is 11.8 Å². The summed E-state index contributed by atoms with van der Waals surface area (Å²) in [5.74, 6) is 1.21. The molecule has 1 fully saturated rings. The fourth-order valence-corrected chi connectivity index (χ4v) is 3.93. The lowest BCUT2D eigenvalue weighted by atomic mass is 10.1. The zero-order valence-corrected chi connectivity index (χ0v) is 11.5. The first-order chi connectivity index (χ1) is 8.40. The molecule has 1 nitrogen and oxygen atoms in total. The van der Waals surface area contributed by atoms with Gasteiger partial charge in [-0.2, -0.15) is 11.8 Å². The van der Waals surface area contributed by atoms with Crippen LogP contribution in [0.4, 0.5) is 0 Å². The van der Waals surface area contributed by atoms with Crippen LogP contribution in [0.15, 0.2) is 30.3 Å². The van der Waals surface area contributed by atoms with Crippen molar-refractivity contribution in [1.82, 2.24) is 5.32 Å². The highest BCUT2D eigenvalue weighted by atomic mass is 32.2. The van der Waals surface area contributed by atoms with Crippen LogP contribution in [0, 0.1) is 0 Å². The molecule has 2 heteroatoms. The minimum atomic E-state index is 0.520. The quantitative estimate of drug-likeness (QED) is 0.817. The van der Waals surface area contributed by atoms with Gasteiger partial charge in [-0.1, -0.05) is 50.1 Å². The minimum Gasteiger partial charge on any atom is -0.310 e. The zero-order valence-electron chi connectivity index (χ0n) is 10.7. The molecule has 0 saturated heterocycles.